The summed E-state index contributed by atoms with van der Waals surface area (Å²) in [7, 11) is 1.81. The number of rotatable bonds is 6. The quantitative estimate of drug-likeness (QED) is 0.239. The number of aliphatic imine (C=N–C) groups is 1. The predicted octanol–water partition coefficient (Wildman–Crippen LogP) is 5.51. The smallest absolute Gasteiger partial charge is 0.191 e. The maximum Gasteiger partial charge on any atom is 0.191 e. The Bertz CT molecular complexity index is 1020. The Kier molecular flexibility index (Phi) is 9.69. The molecule has 2 N–H and O–H groups in total. The van der Waals surface area contributed by atoms with Crippen LogP contribution in [0.1, 0.15) is 35.6 Å². The van der Waals surface area contributed by atoms with Crippen LogP contribution in [-0.2, 0) is 11.3 Å². The van der Waals surface area contributed by atoms with E-state index in [1.54, 1.807) is 0 Å². The number of pyridine rings is 1. The number of hydrogen-bond acceptors (Lipinski definition) is 3. The van der Waals surface area contributed by atoms with E-state index in [0.717, 1.165) is 43.2 Å². The molecule has 2 atom stereocenters. The molecular formula is C27H33IN4O. The van der Waals surface area contributed by atoms with Crippen molar-refractivity contribution in [1.29, 1.82) is 0 Å². The van der Waals surface area contributed by atoms with E-state index in [1.165, 1.54) is 16.7 Å². The summed E-state index contributed by atoms with van der Waals surface area (Å²) < 4.78 is 6.16. The first-order chi connectivity index (χ1) is 15.7. The van der Waals surface area contributed by atoms with Crippen LogP contribution in [0.15, 0.2) is 77.9 Å². The van der Waals surface area contributed by atoms with Crippen molar-refractivity contribution in [3.05, 3.63) is 89.6 Å². The molecule has 0 bridgehead atoms. The van der Waals surface area contributed by atoms with Crippen LogP contribution in [0, 0.1) is 12.8 Å². The number of nitrogens with zero attached hydrogens (tertiary/aromatic N) is 2. The molecule has 4 rings (SSSR count). The number of benzene rings is 2. The maximum absolute atomic E-state index is 6.16. The highest BCUT2D eigenvalue weighted by atomic mass is 127. The molecule has 2 aromatic carbocycles. The molecule has 33 heavy (non-hydrogen) atoms. The van der Waals surface area contributed by atoms with Gasteiger partial charge in [-0.05, 0) is 49.1 Å². The number of nitrogens with one attached hydrogen (secondary N) is 2. The largest absolute Gasteiger partial charge is 0.373 e. The van der Waals surface area contributed by atoms with Crippen LogP contribution < -0.4 is 10.6 Å². The summed E-state index contributed by atoms with van der Waals surface area (Å²) in [6, 6.07) is 23.2. The highest BCUT2D eigenvalue weighted by molar-refractivity contribution is 14.0. The van der Waals surface area contributed by atoms with Gasteiger partial charge < -0.3 is 15.4 Å². The molecule has 1 aliphatic heterocycles. The van der Waals surface area contributed by atoms with Crippen molar-refractivity contribution in [3.8, 4) is 11.3 Å². The normalized spacial score (nSPS) is 18.3. The number of aryl methyl sites for hydroxylation is 1. The van der Waals surface area contributed by atoms with Gasteiger partial charge in [0, 0.05) is 44.4 Å². The highest BCUT2D eigenvalue weighted by Gasteiger charge is 2.27. The van der Waals surface area contributed by atoms with E-state index in [4.69, 9.17) is 4.74 Å². The van der Waals surface area contributed by atoms with E-state index in [2.05, 4.69) is 76.1 Å². The van der Waals surface area contributed by atoms with E-state index >= 15 is 0 Å². The van der Waals surface area contributed by atoms with E-state index in [-0.39, 0.29) is 30.1 Å². The fraction of sp³-hybridized carbons (Fsp3) is 0.333. The highest BCUT2D eigenvalue weighted by Crippen LogP contribution is 2.33. The molecule has 0 saturated carbocycles. The summed E-state index contributed by atoms with van der Waals surface area (Å²) in [4.78, 5) is 8.87. The van der Waals surface area contributed by atoms with Crippen LogP contribution in [0.5, 0.6) is 0 Å². The SMILES string of the molecule is CN=C(NCc1cccc(-c2ccccn2)c1)NCC1CCCOC1c1ccc(C)cc1.I. The number of guanidine groups is 1. The van der Waals surface area contributed by atoms with Crippen LogP contribution in [-0.4, -0.2) is 31.1 Å². The summed E-state index contributed by atoms with van der Waals surface area (Å²) in [5.41, 5.74) is 5.83. The van der Waals surface area contributed by atoms with Gasteiger partial charge in [0.1, 0.15) is 0 Å². The minimum Gasteiger partial charge on any atom is -0.373 e. The molecule has 0 radical (unpaired) electrons. The Morgan fingerprint density at radius 2 is 1.91 bits per heavy atom. The van der Waals surface area contributed by atoms with Crippen LogP contribution in [0.3, 0.4) is 0 Å². The third-order valence-corrected chi connectivity index (χ3v) is 5.95. The zero-order valence-corrected chi connectivity index (χ0v) is 21.7. The average molecular weight is 556 g/mol. The molecule has 1 fully saturated rings. The van der Waals surface area contributed by atoms with Crippen molar-refractivity contribution < 1.29 is 4.74 Å². The standard InChI is InChI=1S/C27H32N4O.HI/c1-20-11-13-22(14-12-20)26-24(9-6-16-32-26)19-31-27(28-2)30-18-21-7-5-8-23(17-21)25-10-3-4-15-29-25;/h3-5,7-8,10-15,17,24,26H,6,9,16,18-19H2,1-2H3,(H2,28,30,31);1H. The molecule has 3 aromatic rings. The van der Waals surface area contributed by atoms with Crippen molar-refractivity contribution in [2.45, 2.75) is 32.4 Å². The zero-order chi connectivity index (χ0) is 22.2. The third-order valence-electron chi connectivity index (χ3n) is 5.95. The Morgan fingerprint density at radius 1 is 1.06 bits per heavy atom. The molecule has 0 spiro atoms. The number of hydrogen-bond donors (Lipinski definition) is 2. The Hall–Kier alpha value is -2.45. The summed E-state index contributed by atoms with van der Waals surface area (Å²) in [6.07, 6.45) is 4.20. The van der Waals surface area contributed by atoms with Gasteiger partial charge in [-0.2, -0.15) is 0 Å². The van der Waals surface area contributed by atoms with Crippen molar-refractivity contribution in [3.63, 3.8) is 0 Å². The maximum atomic E-state index is 6.16. The molecule has 1 aromatic heterocycles. The summed E-state index contributed by atoms with van der Waals surface area (Å²) in [6.45, 7) is 4.47. The minimum atomic E-state index is 0. The van der Waals surface area contributed by atoms with Crippen molar-refractivity contribution >= 4 is 29.9 Å². The second kappa shape index (κ2) is 12.7. The second-order valence-electron chi connectivity index (χ2n) is 8.33. The van der Waals surface area contributed by atoms with Crippen molar-refractivity contribution in [2.24, 2.45) is 10.9 Å². The minimum absolute atomic E-state index is 0. The second-order valence-corrected chi connectivity index (χ2v) is 8.33. The van der Waals surface area contributed by atoms with Crippen LogP contribution in [0.2, 0.25) is 0 Å². The number of ether oxygens (including phenoxy) is 1. The van der Waals surface area contributed by atoms with Crippen LogP contribution >= 0.6 is 24.0 Å². The molecule has 2 heterocycles. The summed E-state index contributed by atoms with van der Waals surface area (Å²) in [5, 5.41) is 6.96. The fourth-order valence-corrected chi connectivity index (χ4v) is 4.19. The lowest BCUT2D eigenvalue weighted by atomic mass is 9.89. The lowest BCUT2D eigenvalue weighted by Gasteiger charge is -2.32. The van der Waals surface area contributed by atoms with Crippen LogP contribution in [0.4, 0.5) is 0 Å². The van der Waals surface area contributed by atoms with Crippen molar-refractivity contribution in [2.75, 3.05) is 20.2 Å². The molecular weight excluding hydrogens is 523 g/mol. The fourth-order valence-electron chi connectivity index (χ4n) is 4.19. The van der Waals surface area contributed by atoms with Gasteiger partial charge in [0.25, 0.3) is 0 Å². The Labute approximate surface area is 214 Å². The first-order valence-electron chi connectivity index (χ1n) is 11.4. The van der Waals surface area contributed by atoms with Gasteiger partial charge in [-0.3, -0.25) is 9.98 Å². The third kappa shape index (κ3) is 7.01. The molecule has 0 aliphatic carbocycles. The van der Waals surface area contributed by atoms with Crippen LogP contribution in [0.25, 0.3) is 11.3 Å². The molecule has 0 amide bonds. The predicted molar refractivity (Wildman–Crippen MR) is 146 cm³/mol. The molecule has 1 aliphatic rings. The molecule has 6 heteroatoms. The van der Waals surface area contributed by atoms with Gasteiger partial charge in [-0.1, -0.05) is 54.1 Å². The number of aromatic nitrogens is 1. The lowest BCUT2D eigenvalue weighted by Crippen LogP contribution is -2.41. The van der Waals surface area contributed by atoms with Gasteiger partial charge in [-0.25, -0.2) is 0 Å². The van der Waals surface area contributed by atoms with Gasteiger partial charge in [0.2, 0.25) is 0 Å². The Balaban J connectivity index is 0.00000306. The van der Waals surface area contributed by atoms with Gasteiger partial charge >= 0.3 is 0 Å². The zero-order valence-electron chi connectivity index (χ0n) is 19.3. The monoisotopic (exact) mass is 556 g/mol. The number of halogens is 1. The molecule has 174 valence electrons. The topological polar surface area (TPSA) is 58.5 Å². The van der Waals surface area contributed by atoms with Gasteiger partial charge in [0.05, 0.1) is 11.8 Å². The Morgan fingerprint density at radius 3 is 2.67 bits per heavy atom. The van der Waals surface area contributed by atoms with Crippen molar-refractivity contribution in [1.82, 2.24) is 15.6 Å². The van der Waals surface area contributed by atoms with E-state index in [9.17, 15) is 0 Å². The average Bonchev–Trinajstić information content (AvgIpc) is 2.86. The van der Waals surface area contributed by atoms with Gasteiger partial charge in [0.15, 0.2) is 5.96 Å². The van der Waals surface area contributed by atoms with E-state index in [0.29, 0.717) is 12.5 Å². The summed E-state index contributed by atoms with van der Waals surface area (Å²) >= 11 is 0. The molecule has 1 saturated heterocycles. The van der Waals surface area contributed by atoms with E-state index < -0.39 is 0 Å². The van der Waals surface area contributed by atoms with Gasteiger partial charge in [-0.15, -0.1) is 24.0 Å². The van der Waals surface area contributed by atoms with E-state index in [1.807, 2.05) is 31.4 Å². The summed E-state index contributed by atoms with van der Waals surface area (Å²) in [5.74, 6) is 1.22. The first-order valence-corrected chi connectivity index (χ1v) is 11.4. The first kappa shape index (κ1) is 25.2. The lowest BCUT2D eigenvalue weighted by molar-refractivity contribution is -0.0265. The molecule has 2 unspecified atom stereocenters. The molecule has 5 nitrogen and oxygen atoms in total.